The smallest absolute Gasteiger partial charge is 0.314 e. The largest absolute Gasteiger partial charge is 0.318 e. The molecule has 6 heteroatoms. The summed E-state index contributed by atoms with van der Waals surface area (Å²) in [5, 5.41) is 4.83. The molecule has 120 valence electrons. The Morgan fingerprint density at radius 3 is 2.35 bits per heavy atom. The van der Waals surface area contributed by atoms with E-state index < -0.39 is 17.6 Å². The van der Waals surface area contributed by atoms with Crippen LogP contribution in [0.1, 0.15) is 25.3 Å². The summed E-state index contributed by atoms with van der Waals surface area (Å²) in [7, 11) is 0. The number of rotatable bonds is 3. The van der Waals surface area contributed by atoms with Crippen molar-refractivity contribution in [3.63, 3.8) is 0 Å². The van der Waals surface area contributed by atoms with E-state index in [9.17, 15) is 14.0 Å². The van der Waals surface area contributed by atoms with Crippen LogP contribution >= 0.6 is 11.6 Å². The minimum Gasteiger partial charge on any atom is -0.318 e. The van der Waals surface area contributed by atoms with Crippen LogP contribution in [-0.4, -0.2) is 11.8 Å². The lowest BCUT2D eigenvalue weighted by atomic mass is 10.0. The lowest BCUT2D eigenvalue weighted by Crippen LogP contribution is -2.29. The van der Waals surface area contributed by atoms with Crippen LogP contribution in [0.5, 0.6) is 0 Å². The van der Waals surface area contributed by atoms with Crippen molar-refractivity contribution < 1.29 is 14.0 Å². The molecule has 0 heterocycles. The second-order valence-corrected chi connectivity index (χ2v) is 5.69. The van der Waals surface area contributed by atoms with Gasteiger partial charge in [-0.25, -0.2) is 4.39 Å². The van der Waals surface area contributed by atoms with Gasteiger partial charge in [0.15, 0.2) is 0 Å². The van der Waals surface area contributed by atoms with Crippen LogP contribution in [0.25, 0.3) is 0 Å². The van der Waals surface area contributed by atoms with Crippen LogP contribution in [0.15, 0.2) is 42.5 Å². The Kier molecular flexibility index (Phi) is 5.34. The predicted octanol–water partition coefficient (Wildman–Crippen LogP) is 4.18. The normalized spacial score (nSPS) is 10.5. The molecule has 0 radical (unpaired) electrons. The van der Waals surface area contributed by atoms with Crippen molar-refractivity contribution in [2.45, 2.75) is 19.8 Å². The third-order valence-electron chi connectivity index (χ3n) is 3.21. The van der Waals surface area contributed by atoms with Crippen molar-refractivity contribution in [3.8, 4) is 0 Å². The Morgan fingerprint density at radius 2 is 1.70 bits per heavy atom. The average molecular weight is 335 g/mol. The number of benzene rings is 2. The summed E-state index contributed by atoms with van der Waals surface area (Å²) < 4.78 is 13.1. The van der Waals surface area contributed by atoms with E-state index in [-0.39, 0.29) is 16.6 Å². The highest BCUT2D eigenvalue weighted by Gasteiger charge is 2.16. The molecule has 0 saturated carbocycles. The quantitative estimate of drug-likeness (QED) is 0.827. The van der Waals surface area contributed by atoms with Gasteiger partial charge in [0.05, 0.1) is 5.02 Å². The Balaban J connectivity index is 2.09. The van der Waals surface area contributed by atoms with E-state index in [2.05, 4.69) is 10.6 Å². The minimum atomic E-state index is -0.855. The van der Waals surface area contributed by atoms with E-state index >= 15 is 0 Å². The summed E-state index contributed by atoms with van der Waals surface area (Å²) in [6.45, 7) is 3.98. The average Bonchev–Trinajstić information content (AvgIpc) is 2.51. The molecule has 2 N–H and O–H groups in total. The van der Waals surface area contributed by atoms with E-state index in [0.29, 0.717) is 5.69 Å². The zero-order chi connectivity index (χ0) is 17.0. The Labute approximate surface area is 138 Å². The third-order valence-corrected chi connectivity index (χ3v) is 3.50. The van der Waals surface area contributed by atoms with Crippen LogP contribution in [-0.2, 0) is 9.59 Å². The molecule has 0 atom stereocenters. The van der Waals surface area contributed by atoms with E-state index in [1.54, 1.807) is 12.1 Å². The summed E-state index contributed by atoms with van der Waals surface area (Å²) in [6, 6.07) is 10.9. The SMILES string of the molecule is CC(C)c1ccccc1NC(=O)C(=O)Nc1ccc(F)c(Cl)c1. The minimum absolute atomic E-state index is 0.131. The fraction of sp³-hybridized carbons (Fsp3) is 0.176. The van der Waals surface area contributed by atoms with E-state index in [1.807, 2.05) is 26.0 Å². The van der Waals surface area contributed by atoms with Crippen molar-refractivity contribution in [1.82, 2.24) is 0 Å². The molecule has 23 heavy (non-hydrogen) atoms. The Bertz CT molecular complexity index is 747. The number of carbonyl (C=O) groups excluding carboxylic acids is 2. The number of anilines is 2. The molecule has 0 unspecified atom stereocenters. The molecular formula is C17H16ClFN2O2. The van der Waals surface area contributed by atoms with Crippen LogP contribution in [0.2, 0.25) is 5.02 Å². The first-order chi connectivity index (χ1) is 10.9. The van der Waals surface area contributed by atoms with Gasteiger partial charge in [0.1, 0.15) is 5.82 Å². The lowest BCUT2D eigenvalue weighted by molar-refractivity contribution is -0.133. The van der Waals surface area contributed by atoms with Crippen LogP contribution < -0.4 is 10.6 Å². The molecule has 2 aromatic rings. The van der Waals surface area contributed by atoms with E-state index in [0.717, 1.165) is 11.6 Å². The highest BCUT2D eigenvalue weighted by Crippen LogP contribution is 2.24. The molecule has 0 fully saturated rings. The van der Waals surface area contributed by atoms with Crippen molar-refractivity contribution in [1.29, 1.82) is 0 Å². The first-order valence-corrected chi connectivity index (χ1v) is 7.42. The molecule has 2 aromatic carbocycles. The fourth-order valence-corrected chi connectivity index (χ4v) is 2.24. The molecule has 0 bridgehead atoms. The van der Waals surface area contributed by atoms with Gasteiger partial charge in [0.25, 0.3) is 0 Å². The monoisotopic (exact) mass is 334 g/mol. The first-order valence-electron chi connectivity index (χ1n) is 7.04. The molecular weight excluding hydrogens is 319 g/mol. The molecule has 2 amide bonds. The van der Waals surface area contributed by atoms with Gasteiger partial charge in [-0.05, 0) is 35.7 Å². The van der Waals surface area contributed by atoms with Gasteiger partial charge in [-0.1, -0.05) is 43.6 Å². The van der Waals surface area contributed by atoms with Crippen LogP contribution in [0.4, 0.5) is 15.8 Å². The Hall–Kier alpha value is -2.40. The zero-order valence-electron chi connectivity index (χ0n) is 12.7. The van der Waals surface area contributed by atoms with Crippen LogP contribution in [0, 0.1) is 5.82 Å². The summed E-state index contributed by atoms with van der Waals surface area (Å²) in [4.78, 5) is 23.9. The van der Waals surface area contributed by atoms with Crippen molar-refractivity contribution in [2.75, 3.05) is 10.6 Å². The maximum absolute atomic E-state index is 13.1. The second-order valence-electron chi connectivity index (χ2n) is 5.28. The predicted molar refractivity (Wildman–Crippen MR) is 89.2 cm³/mol. The molecule has 2 rings (SSSR count). The molecule has 0 aliphatic rings. The first kappa shape index (κ1) is 17.0. The topological polar surface area (TPSA) is 58.2 Å². The number of amides is 2. The fourth-order valence-electron chi connectivity index (χ4n) is 2.06. The summed E-state index contributed by atoms with van der Waals surface area (Å²) >= 11 is 5.64. The maximum Gasteiger partial charge on any atom is 0.314 e. The molecule has 0 spiro atoms. The number of halogens is 2. The summed E-state index contributed by atoms with van der Waals surface area (Å²) in [5.41, 5.74) is 1.76. The van der Waals surface area contributed by atoms with Gasteiger partial charge in [-0.3, -0.25) is 9.59 Å². The second kappa shape index (κ2) is 7.24. The van der Waals surface area contributed by atoms with Gasteiger partial charge < -0.3 is 10.6 Å². The van der Waals surface area contributed by atoms with Gasteiger partial charge in [-0.15, -0.1) is 0 Å². The summed E-state index contributed by atoms with van der Waals surface area (Å²) in [5.74, 6) is -2.06. The number of hydrogen-bond acceptors (Lipinski definition) is 2. The van der Waals surface area contributed by atoms with Crippen molar-refractivity contribution in [3.05, 3.63) is 58.9 Å². The molecule has 0 aliphatic carbocycles. The third kappa shape index (κ3) is 4.29. The van der Waals surface area contributed by atoms with Gasteiger partial charge in [0.2, 0.25) is 0 Å². The molecule has 4 nitrogen and oxygen atoms in total. The molecule has 0 saturated heterocycles. The van der Waals surface area contributed by atoms with Gasteiger partial charge in [-0.2, -0.15) is 0 Å². The number of nitrogens with one attached hydrogen (secondary N) is 2. The van der Waals surface area contributed by atoms with E-state index in [1.165, 1.54) is 12.1 Å². The number of para-hydroxylation sites is 1. The van der Waals surface area contributed by atoms with E-state index in [4.69, 9.17) is 11.6 Å². The highest BCUT2D eigenvalue weighted by atomic mass is 35.5. The van der Waals surface area contributed by atoms with Crippen molar-refractivity contribution >= 4 is 34.8 Å². The number of hydrogen-bond donors (Lipinski definition) is 2. The summed E-state index contributed by atoms with van der Waals surface area (Å²) in [6.07, 6.45) is 0. The van der Waals surface area contributed by atoms with Gasteiger partial charge in [0, 0.05) is 11.4 Å². The maximum atomic E-state index is 13.1. The highest BCUT2D eigenvalue weighted by molar-refractivity contribution is 6.43. The standard InChI is InChI=1S/C17H16ClFN2O2/c1-10(2)12-5-3-4-6-15(12)21-17(23)16(22)20-11-7-8-14(19)13(18)9-11/h3-10H,1-2H3,(H,20,22)(H,21,23). The zero-order valence-corrected chi connectivity index (χ0v) is 13.4. The van der Waals surface area contributed by atoms with Crippen molar-refractivity contribution in [2.24, 2.45) is 0 Å². The molecule has 0 aromatic heterocycles. The lowest BCUT2D eigenvalue weighted by Gasteiger charge is -2.13. The van der Waals surface area contributed by atoms with Crippen LogP contribution in [0.3, 0.4) is 0 Å². The van der Waals surface area contributed by atoms with Gasteiger partial charge >= 0.3 is 11.8 Å². The Morgan fingerprint density at radius 1 is 1.04 bits per heavy atom. The number of carbonyl (C=O) groups is 2. The molecule has 0 aliphatic heterocycles.